The van der Waals surface area contributed by atoms with Crippen molar-refractivity contribution in [2.24, 2.45) is 0 Å². The number of nitro groups is 1. The summed E-state index contributed by atoms with van der Waals surface area (Å²) in [6.07, 6.45) is -4.43. The van der Waals surface area contributed by atoms with Gasteiger partial charge >= 0.3 is 11.9 Å². The van der Waals surface area contributed by atoms with Gasteiger partial charge in [-0.3, -0.25) is 19.8 Å². The van der Waals surface area contributed by atoms with Crippen molar-refractivity contribution in [3.8, 4) is 11.5 Å². The number of ketones is 1. The highest BCUT2D eigenvalue weighted by Gasteiger charge is 2.31. The van der Waals surface area contributed by atoms with Crippen LogP contribution >= 0.6 is 24.8 Å². The highest BCUT2D eigenvalue weighted by Crippen LogP contribution is 2.36. The van der Waals surface area contributed by atoms with Gasteiger partial charge < -0.3 is 15.1 Å². The summed E-state index contributed by atoms with van der Waals surface area (Å²) in [6.45, 7) is 1.51. The van der Waals surface area contributed by atoms with Gasteiger partial charge in [-0.2, -0.15) is 13.2 Å². The largest absolute Gasteiger partial charge is 0.504 e. The van der Waals surface area contributed by atoms with E-state index < -0.39 is 39.6 Å². The number of halogens is 5. The smallest absolute Gasteiger partial charge is 0.416 e. The molecule has 8 nitrogen and oxygen atoms in total. The van der Waals surface area contributed by atoms with E-state index in [0.29, 0.717) is 31.9 Å². The van der Waals surface area contributed by atoms with Gasteiger partial charge in [-0.1, -0.05) is 6.07 Å². The minimum atomic E-state index is -4.43. The minimum absolute atomic E-state index is 0. The Morgan fingerprint density at radius 1 is 1.06 bits per heavy atom. The number of nitrogens with zero attached hydrogens (tertiary/aromatic N) is 3. The molecular formula is C19H20Cl2F3N3O5. The molecule has 0 bridgehead atoms. The van der Waals surface area contributed by atoms with E-state index in [9.17, 15) is 38.3 Å². The summed E-state index contributed by atoms with van der Waals surface area (Å²) in [4.78, 5) is 26.0. The topological polar surface area (TPSA) is 107 Å². The third-order valence-electron chi connectivity index (χ3n) is 4.87. The molecular weight excluding hydrogens is 478 g/mol. The summed E-state index contributed by atoms with van der Waals surface area (Å²) in [5.74, 6) is -2.16. The summed E-state index contributed by atoms with van der Waals surface area (Å²) in [5, 5.41) is 30.1. The van der Waals surface area contributed by atoms with Gasteiger partial charge in [0.1, 0.15) is 0 Å². The van der Waals surface area contributed by atoms with Crippen molar-refractivity contribution in [1.82, 2.24) is 4.90 Å². The molecule has 2 aromatic rings. The second-order valence-corrected chi connectivity index (χ2v) is 6.85. The summed E-state index contributed by atoms with van der Waals surface area (Å²) in [7, 11) is 0. The first-order valence-corrected chi connectivity index (χ1v) is 8.94. The first-order valence-electron chi connectivity index (χ1n) is 8.94. The molecule has 2 N–H and O–H groups in total. The number of phenols is 2. The highest BCUT2D eigenvalue weighted by atomic mass is 35.5. The minimum Gasteiger partial charge on any atom is -0.504 e. The molecule has 2 aromatic carbocycles. The number of benzene rings is 2. The van der Waals surface area contributed by atoms with Crippen LogP contribution in [-0.4, -0.2) is 58.5 Å². The molecule has 176 valence electrons. The van der Waals surface area contributed by atoms with Crippen molar-refractivity contribution in [2.75, 3.05) is 37.6 Å². The molecule has 1 aliphatic heterocycles. The summed E-state index contributed by atoms with van der Waals surface area (Å²) in [5.41, 5.74) is -1.17. The van der Waals surface area contributed by atoms with Gasteiger partial charge in [0.25, 0.3) is 0 Å². The molecule has 0 atom stereocenters. The summed E-state index contributed by atoms with van der Waals surface area (Å²) >= 11 is 0. The number of piperazine rings is 1. The molecule has 0 aromatic heterocycles. The van der Waals surface area contributed by atoms with Crippen LogP contribution in [-0.2, 0) is 6.18 Å². The van der Waals surface area contributed by atoms with E-state index in [2.05, 4.69) is 0 Å². The maximum atomic E-state index is 12.9. The molecule has 0 radical (unpaired) electrons. The van der Waals surface area contributed by atoms with Crippen molar-refractivity contribution in [1.29, 1.82) is 0 Å². The van der Waals surface area contributed by atoms with Gasteiger partial charge in [-0.15, -0.1) is 24.8 Å². The standard InChI is InChI=1S/C19H18F3N3O5.2ClH/c20-19(21,22)13-2-1-3-14(10-13)24-6-4-23(5-7-24)11-17(27)12-8-15(25(29)30)18(28)16(26)9-12;;/h1-3,8-10,26,28H,4-7,11H2;2*1H. The number of hydrogen-bond donors (Lipinski definition) is 2. The number of carbonyl (C=O) groups excluding carboxylic acids is 1. The Hall–Kier alpha value is -2.76. The molecule has 0 spiro atoms. The first-order chi connectivity index (χ1) is 14.1. The summed E-state index contributed by atoms with van der Waals surface area (Å²) in [6, 6.07) is 6.89. The van der Waals surface area contributed by atoms with Gasteiger partial charge in [0.15, 0.2) is 11.5 Å². The Morgan fingerprint density at radius 3 is 2.25 bits per heavy atom. The fourth-order valence-corrected chi connectivity index (χ4v) is 3.24. The molecule has 3 rings (SSSR count). The maximum absolute atomic E-state index is 12.9. The van der Waals surface area contributed by atoms with Crippen LogP contribution in [0.2, 0.25) is 0 Å². The van der Waals surface area contributed by atoms with Gasteiger partial charge in [-0.25, -0.2) is 0 Å². The zero-order chi connectivity index (χ0) is 22.1. The number of nitro benzene ring substituents is 1. The van der Waals surface area contributed by atoms with Crippen molar-refractivity contribution >= 4 is 42.0 Å². The van der Waals surface area contributed by atoms with Crippen LogP contribution in [0.1, 0.15) is 15.9 Å². The van der Waals surface area contributed by atoms with Crippen molar-refractivity contribution < 1.29 is 33.1 Å². The lowest BCUT2D eigenvalue weighted by atomic mass is 10.1. The zero-order valence-electron chi connectivity index (χ0n) is 16.4. The second-order valence-electron chi connectivity index (χ2n) is 6.85. The van der Waals surface area contributed by atoms with Gasteiger partial charge in [0.2, 0.25) is 5.75 Å². The predicted molar refractivity (Wildman–Crippen MR) is 115 cm³/mol. The molecule has 1 saturated heterocycles. The van der Waals surface area contributed by atoms with E-state index in [4.69, 9.17) is 0 Å². The van der Waals surface area contributed by atoms with E-state index in [1.165, 1.54) is 6.07 Å². The SMILES string of the molecule is Cl.Cl.O=C(CN1CCN(c2cccc(C(F)(F)F)c2)CC1)c1cc(O)c(O)c([N+](=O)[O-])c1. The van der Waals surface area contributed by atoms with E-state index >= 15 is 0 Å². The number of aromatic hydroxyl groups is 2. The Balaban J connectivity index is 0.00000256. The Bertz CT molecular complexity index is 983. The molecule has 0 unspecified atom stereocenters. The van der Waals surface area contributed by atoms with Crippen molar-refractivity contribution in [3.05, 3.63) is 57.6 Å². The number of rotatable bonds is 5. The molecule has 0 saturated carbocycles. The van der Waals surface area contributed by atoms with E-state index in [0.717, 1.165) is 24.3 Å². The van der Waals surface area contributed by atoms with E-state index in [1.54, 1.807) is 15.9 Å². The Labute approximate surface area is 193 Å². The normalized spacial score (nSPS) is 14.3. The van der Waals surface area contributed by atoms with Crippen LogP contribution in [0.15, 0.2) is 36.4 Å². The zero-order valence-corrected chi connectivity index (χ0v) is 18.0. The van der Waals surface area contributed by atoms with Crippen LogP contribution in [0.4, 0.5) is 24.5 Å². The second kappa shape index (κ2) is 10.7. The lowest BCUT2D eigenvalue weighted by Crippen LogP contribution is -2.48. The van der Waals surface area contributed by atoms with Crippen LogP contribution in [0.3, 0.4) is 0 Å². The first kappa shape index (κ1) is 27.3. The number of phenolic OH excluding ortho intramolecular Hbond substituents is 2. The molecule has 32 heavy (non-hydrogen) atoms. The van der Waals surface area contributed by atoms with Crippen molar-refractivity contribution in [2.45, 2.75) is 6.18 Å². The van der Waals surface area contributed by atoms with Gasteiger partial charge in [-0.05, 0) is 24.3 Å². The molecule has 1 fully saturated rings. The average Bonchev–Trinajstić information content (AvgIpc) is 2.69. The van der Waals surface area contributed by atoms with Gasteiger partial charge in [0, 0.05) is 43.5 Å². The van der Waals surface area contributed by atoms with E-state index in [1.807, 2.05) is 0 Å². The van der Waals surface area contributed by atoms with Crippen LogP contribution < -0.4 is 4.90 Å². The fourth-order valence-electron chi connectivity index (χ4n) is 3.24. The Kier molecular flexibility index (Phi) is 9.13. The van der Waals surface area contributed by atoms with Crippen LogP contribution in [0.25, 0.3) is 0 Å². The monoisotopic (exact) mass is 497 g/mol. The van der Waals surface area contributed by atoms with Crippen LogP contribution in [0.5, 0.6) is 11.5 Å². The van der Waals surface area contributed by atoms with Gasteiger partial charge in [0.05, 0.1) is 17.0 Å². The molecule has 0 amide bonds. The molecule has 1 aliphatic rings. The lowest BCUT2D eigenvalue weighted by Gasteiger charge is -2.36. The van der Waals surface area contributed by atoms with Crippen LogP contribution in [0, 0.1) is 10.1 Å². The molecule has 1 heterocycles. The Morgan fingerprint density at radius 2 is 1.69 bits per heavy atom. The fraction of sp³-hybridized carbons (Fsp3) is 0.316. The molecule has 0 aliphatic carbocycles. The number of carbonyl (C=O) groups is 1. The lowest BCUT2D eigenvalue weighted by molar-refractivity contribution is -0.386. The number of alkyl halides is 3. The third kappa shape index (κ3) is 6.15. The van der Waals surface area contributed by atoms with Crippen molar-refractivity contribution in [3.63, 3.8) is 0 Å². The summed E-state index contributed by atoms with van der Waals surface area (Å²) < 4.78 is 38.7. The molecule has 13 heteroatoms. The van der Waals surface area contributed by atoms with E-state index in [-0.39, 0.29) is 36.9 Å². The number of Topliss-reactive ketones (excluding diaryl/α,β-unsaturated/α-hetero) is 1. The predicted octanol–water partition coefficient (Wildman–Crippen LogP) is 3.87. The number of hydrogen-bond acceptors (Lipinski definition) is 7. The highest BCUT2D eigenvalue weighted by molar-refractivity contribution is 5.99. The average molecular weight is 498 g/mol. The third-order valence-corrected chi connectivity index (χ3v) is 4.87. The quantitative estimate of drug-likeness (QED) is 0.279. The maximum Gasteiger partial charge on any atom is 0.416 e. The number of anilines is 1.